The predicted octanol–water partition coefficient (Wildman–Crippen LogP) is 1.92. The molecule has 2 heteroatoms. The summed E-state index contributed by atoms with van der Waals surface area (Å²) >= 11 is 0. The largest absolute Gasteiger partial charge is 0.396 e. The Hall–Kier alpha value is -0.860. The molecule has 0 unspecified atom stereocenters. The first kappa shape index (κ1) is 12.2. The number of hydrogen-bond donors (Lipinski definition) is 2. The van der Waals surface area contributed by atoms with E-state index < -0.39 is 0 Å². The van der Waals surface area contributed by atoms with Crippen molar-refractivity contribution in [1.82, 2.24) is 0 Å². The molecule has 0 aromatic heterocycles. The van der Waals surface area contributed by atoms with Crippen LogP contribution in [-0.4, -0.2) is 23.4 Å². The zero-order valence-corrected chi connectivity index (χ0v) is 9.32. The topological polar surface area (TPSA) is 40.5 Å². The van der Waals surface area contributed by atoms with Crippen LogP contribution in [0, 0.1) is 12.8 Å². The second-order valence-corrected chi connectivity index (χ2v) is 4.08. The van der Waals surface area contributed by atoms with Gasteiger partial charge in [-0.25, -0.2) is 0 Å². The molecule has 2 nitrogen and oxygen atoms in total. The summed E-state index contributed by atoms with van der Waals surface area (Å²) in [7, 11) is 0. The van der Waals surface area contributed by atoms with Crippen LogP contribution in [0.5, 0.6) is 0 Å². The number of aryl methyl sites for hydroxylation is 1. The first-order valence-electron chi connectivity index (χ1n) is 5.53. The molecule has 0 radical (unpaired) electrons. The molecule has 0 atom stereocenters. The van der Waals surface area contributed by atoms with Gasteiger partial charge in [0.15, 0.2) is 0 Å². The average molecular weight is 208 g/mol. The first-order chi connectivity index (χ1) is 7.26. The molecule has 2 N–H and O–H groups in total. The maximum Gasteiger partial charge on any atom is 0.0433 e. The maximum atomic E-state index is 8.91. The molecule has 0 bridgehead atoms. The maximum absolute atomic E-state index is 8.91. The van der Waals surface area contributed by atoms with Crippen molar-refractivity contribution in [1.29, 1.82) is 0 Å². The van der Waals surface area contributed by atoms with E-state index in [4.69, 9.17) is 10.2 Å². The summed E-state index contributed by atoms with van der Waals surface area (Å²) in [4.78, 5) is 0. The molecule has 1 rings (SSSR count). The van der Waals surface area contributed by atoms with E-state index in [9.17, 15) is 0 Å². The molecule has 0 saturated carbocycles. The number of aliphatic hydroxyl groups is 2. The van der Waals surface area contributed by atoms with Crippen LogP contribution in [0.3, 0.4) is 0 Å². The van der Waals surface area contributed by atoms with E-state index in [1.54, 1.807) is 0 Å². The Morgan fingerprint density at radius 2 is 1.80 bits per heavy atom. The first-order valence-corrected chi connectivity index (χ1v) is 5.53. The molecule has 0 spiro atoms. The highest BCUT2D eigenvalue weighted by Crippen LogP contribution is 2.16. The van der Waals surface area contributed by atoms with Crippen LogP contribution >= 0.6 is 0 Å². The Morgan fingerprint density at radius 1 is 1.13 bits per heavy atom. The summed E-state index contributed by atoms with van der Waals surface area (Å²) in [5, 5.41) is 17.8. The van der Waals surface area contributed by atoms with E-state index in [0.717, 1.165) is 19.3 Å². The van der Waals surface area contributed by atoms with Gasteiger partial charge in [-0.15, -0.1) is 0 Å². The van der Waals surface area contributed by atoms with Crippen LogP contribution in [0.1, 0.15) is 24.0 Å². The van der Waals surface area contributed by atoms with Gasteiger partial charge in [0, 0.05) is 13.2 Å². The van der Waals surface area contributed by atoms with Crippen LogP contribution in [-0.2, 0) is 6.42 Å². The van der Waals surface area contributed by atoms with Gasteiger partial charge in [0.25, 0.3) is 0 Å². The average Bonchev–Trinajstić information content (AvgIpc) is 2.18. The summed E-state index contributed by atoms with van der Waals surface area (Å²) < 4.78 is 0. The molecule has 15 heavy (non-hydrogen) atoms. The summed E-state index contributed by atoms with van der Waals surface area (Å²) in [5.41, 5.74) is 2.56. The number of benzene rings is 1. The molecule has 0 heterocycles. The molecule has 84 valence electrons. The zero-order chi connectivity index (χ0) is 11.1. The molecule has 0 aliphatic rings. The Balaban J connectivity index is 2.56. The second kappa shape index (κ2) is 6.59. The predicted molar refractivity (Wildman–Crippen MR) is 61.8 cm³/mol. The van der Waals surface area contributed by atoms with E-state index in [1.165, 1.54) is 11.1 Å². The van der Waals surface area contributed by atoms with Gasteiger partial charge in [0.05, 0.1) is 0 Å². The monoisotopic (exact) mass is 208 g/mol. The molecule has 0 aliphatic heterocycles. The fraction of sp³-hybridized carbons (Fsp3) is 0.538. The minimum absolute atomic E-state index is 0.205. The van der Waals surface area contributed by atoms with E-state index >= 15 is 0 Å². The Morgan fingerprint density at radius 3 is 2.33 bits per heavy atom. The molecule has 0 amide bonds. The van der Waals surface area contributed by atoms with Crippen molar-refractivity contribution in [3.05, 3.63) is 35.4 Å². The third kappa shape index (κ3) is 4.45. The van der Waals surface area contributed by atoms with Crippen LogP contribution in [0.15, 0.2) is 24.3 Å². The van der Waals surface area contributed by atoms with Gasteiger partial charge in [-0.3, -0.25) is 0 Å². The van der Waals surface area contributed by atoms with Crippen molar-refractivity contribution < 1.29 is 10.2 Å². The molecule has 1 aromatic rings. The Kier molecular flexibility index (Phi) is 5.37. The van der Waals surface area contributed by atoms with Gasteiger partial charge >= 0.3 is 0 Å². The van der Waals surface area contributed by atoms with E-state index in [-0.39, 0.29) is 13.2 Å². The van der Waals surface area contributed by atoms with Gasteiger partial charge < -0.3 is 10.2 Å². The molecule has 1 aromatic carbocycles. The highest BCUT2D eigenvalue weighted by Gasteiger charge is 2.08. The van der Waals surface area contributed by atoms with E-state index in [2.05, 4.69) is 31.2 Å². The molecular formula is C13H20O2. The van der Waals surface area contributed by atoms with Crippen LogP contribution in [0.25, 0.3) is 0 Å². The summed E-state index contributed by atoms with van der Waals surface area (Å²) in [5.74, 6) is 0.391. The zero-order valence-electron chi connectivity index (χ0n) is 9.32. The molecule has 0 saturated heterocycles. The lowest BCUT2D eigenvalue weighted by atomic mass is 9.93. The van der Waals surface area contributed by atoms with Crippen molar-refractivity contribution in [2.45, 2.75) is 26.2 Å². The lowest BCUT2D eigenvalue weighted by molar-refractivity contribution is 0.215. The number of hydrogen-bond acceptors (Lipinski definition) is 2. The minimum atomic E-state index is 0.205. The van der Waals surface area contributed by atoms with Crippen molar-refractivity contribution in [2.75, 3.05) is 13.2 Å². The fourth-order valence-electron chi connectivity index (χ4n) is 1.89. The minimum Gasteiger partial charge on any atom is -0.396 e. The molecule has 0 fully saturated rings. The van der Waals surface area contributed by atoms with Crippen LogP contribution < -0.4 is 0 Å². The van der Waals surface area contributed by atoms with E-state index in [1.807, 2.05) is 0 Å². The van der Waals surface area contributed by atoms with Gasteiger partial charge in [-0.1, -0.05) is 29.8 Å². The standard InChI is InChI=1S/C13H20O2/c1-11-3-2-4-13(9-11)10-12(5-7-14)6-8-15/h2-4,9,12,14-15H,5-8,10H2,1H3. The van der Waals surface area contributed by atoms with E-state index in [0.29, 0.717) is 5.92 Å². The number of rotatable bonds is 6. The lowest BCUT2D eigenvalue weighted by Gasteiger charge is -2.14. The van der Waals surface area contributed by atoms with Crippen LogP contribution in [0.2, 0.25) is 0 Å². The second-order valence-electron chi connectivity index (χ2n) is 4.08. The third-order valence-corrected chi connectivity index (χ3v) is 2.68. The molecule has 0 aliphatic carbocycles. The van der Waals surface area contributed by atoms with Crippen molar-refractivity contribution in [3.8, 4) is 0 Å². The van der Waals surface area contributed by atoms with Gasteiger partial charge in [-0.2, -0.15) is 0 Å². The summed E-state index contributed by atoms with van der Waals surface area (Å²) in [6.07, 6.45) is 2.49. The van der Waals surface area contributed by atoms with Crippen molar-refractivity contribution in [2.24, 2.45) is 5.92 Å². The van der Waals surface area contributed by atoms with Crippen molar-refractivity contribution >= 4 is 0 Å². The Bertz CT molecular complexity index is 278. The Labute approximate surface area is 91.6 Å². The quantitative estimate of drug-likeness (QED) is 0.750. The third-order valence-electron chi connectivity index (χ3n) is 2.68. The van der Waals surface area contributed by atoms with Gasteiger partial charge in [0.2, 0.25) is 0 Å². The SMILES string of the molecule is Cc1cccc(CC(CCO)CCO)c1. The number of aliphatic hydroxyl groups excluding tert-OH is 2. The summed E-state index contributed by atoms with van der Waals surface area (Å²) in [6.45, 7) is 2.49. The normalized spacial score (nSPS) is 10.9. The smallest absolute Gasteiger partial charge is 0.0433 e. The lowest BCUT2D eigenvalue weighted by Crippen LogP contribution is -2.09. The summed E-state index contributed by atoms with van der Waals surface area (Å²) in [6, 6.07) is 8.41. The highest BCUT2D eigenvalue weighted by atomic mass is 16.3. The molecular weight excluding hydrogens is 188 g/mol. The highest BCUT2D eigenvalue weighted by molar-refractivity contribution is 5.22. The van der Waals surface area contributed by atoms with Gasteiger partial charge in [0.1, 0.15) is 0 Å². The van der Waals surface area contributed by atoms with Crippen molar-refractivity contribution in [3.63, 3.8) is 0 Å². The van der Waals surface area contributed by atoms with Crippen LogP contribution in [0.4, 0.5) is 0 Å². The van der Waals surface area contributed by atoms with Gasteiger partial charge in [-0.05, 0) is 37.7 Å². The fourth-order valence-corrected chi connectivity index (χ4v) is 1.89.